The number of hydrogen-bond acceptors (Lipinski definition) is 4. The summed E-state index contributed by atoms with van der Waals surface area (Å²) in [7, 11) is 0. The van der Waals surface area contributed by atoms with E-state index in [2.05, 4.69) is 16.4 Å². The maximum atomic E-state index is 11.3. The van der Waals surface area contributed by atoms with Crippen LogP contribution in [0.25, 0.3) is 0 Å². The molecule has 4 nitrogen and oxygen atoms in total. The van der Waals surface area contributed by atoms with E-state index in [1.54, 1.807) is 0 Å². The molecule has 26 heavy (non-hydrogen) atoms. The number of carbonyl (C=O) groups is 2. The van der Waals surface area contributed by atoms with Gasteiger partial charge in [-0.2, -0.15) is 0 Å². The lowest BCUT2D eigenvalue weighted by molar-refractivity contribution is -0.114. The van der Waals surface area contributed by atoms with Gasteiger partial charge < -0.3 is 14.6 Å². The molecular formula is C22H40N2O2. The lowest BCUT2D eigenvalue weighted by Gasteiger charge is -2.25. The van der Waals surface area contributed by atoms with Crippen LogP contribution in [0.15, 0.2) is 12.7 Å². The standard InChI is InChI=1S/C22H40N2O2/c1-2-22(26)14-8-7-10-16-23(19-20-24-17-11-12-18-24)15-9-5-3-4-6-13-21-25/h2,21H,1,3-20H2. The summed E-state index contributed by atoms with van der Waals surface area (Å²) in [6.07, 6.45) is 15.9. The quantitative estimate of drug-likeness (QED) is 0.207. The first-order valence-electron chi connectivity index (χ1n) is 10.8. The zero-order valence-electron chi connectivity index (χ0n) is 16.8. The van der Waals surface area contributed by atoms with Crippen molar-refractivity contribution in [2.24, 2.45) is 0 Å². The zero-order valence-corrected chi connectivity index (χ0v) is 16.8. The van der Waals surface area contributed by atoms with E-state index >= 15 is 0 Å². The van der Waals surface area contributed by atoms with Crippen LogP contribution in [0.4, 0.5) is 0 Å². The van der Waals surface area contributed by atoms with E-state index < -0.39 is 0 Å². The van der Waals surface area contributed by atoms with Crippen molar-refractivity contribution in [2.45, 2.75) is 77.0 Å². The van der Waals surface area contributed by atoms with Gasteiger partial charge in [-0.25, -0.2) is 0 Å². The number of hydrogen-bond donors (Lipinski definition) is 0. The van der Waals surface area contributed by atoms with Crippen LogP contribution in [0.3, 0.4) is 0 Å². The van der Waals surface area contributed by atoms with Crippen molar-refractivity contribution in [1.82, 2.24) is 9.80 Å². The molecule has 0 radical (unpaired) electrons. The van der Waals surface area contributed by atoms with E-state index in [4.69, 9.17) is 0 Å². The lowest BCUT2D eigenvalue weighted by atomic mass is 10.1. The summed E-state index contributed by atoms with van der Waals surface area (Å²) >= 11 is 0. The van der Waals surface area contributed by atoms with Crippen LogP contribution in [-0.2, 0) is 9.59 Å². The second-order valence-corrected chi connectivity index (χ2v) is 7.59. The Labute approximate surface area is 161 Å². The Morgan fingerprint density at radius 2 is 1.50 bits per heavy atom. The summed E-state index contributed by atoms with van der Waals surface area (Å²) in [5, 5.41) is 0. The Kier molecular flexibility index (Phi) is 14.4. The number of likely N-dealkylation sites (tertiary alicyclic amines) is 1. The van der Waals surface area contributed by atoms with Crippen molar-refractivity contribution >= 4 is 12.1 Å². The maximum absolute atomic E-state index is 11.3. The smallest absolute Gasteiger partial charge is 0.155 e. The van der Waals surface area contributed by atoms with E-state index in [-0.39, 0.29) is 5.78 Å². The highest BCUT2D eigenvalue weighted by Crippen LogP contribution is 2.10. The molecule has 4 heteroatoms. The van der Waals surface area contributed by atoms with Crippen LogP contribution in [0.1, 0.15) is 77.0 Å². The third-order valence-corrected chi connectivity index (χ3v) is 5.35. The molecule has 1 aliphatic heterocycles. The van der Waals surface area contributed by atoms with Gasteiger partial charge in [0.05, 0.1) is 0 Å². The third kappa shape index (κ3) is 12.4. The minimum atomic E-state index is 0.172. The molecule has 0 aromatic carbocycles. The van der Waals surface area contributed by atoms with Crippen molar-refractivity contribution in [3.8, 4) is 0 Å². The predicted molar refractivity (Wildman–Crippen MR) is 110 cm³/mol. The minimum Gasteiger partial charge on any atom is -0.303 e. The molecule has 0 aliphatic carbocycles. The molecular weight excluding hydrogens is 324 g/mol. The number of aldehydes is 1. The summed E-state index contributed by atoms with van der Waals surface area (Å²) in [6, 6.07) is 0. The average Bonchev–Trinajstić information content (AvgIpc) is 3.17. The summed E-state index contributed by atoms with van der Waals surface area (Å²) in [6.45, 7) is 10.8. The number of ketones is 1. The van der Waals surface area contributed by atoms with Crippen molar-refractivity contribution < 1.29 is 9.59 Å². The van der Waals surface area contributed by atoms with Gasteiger partial charge in [-0.15, -0.1) is 0 Å². The van der Waals surface area contributed by atoms with Gasteiger partial charge in [0.2, 0.25) is 0 Å². The normalized spacial score (nSPS) is 14.8. The first kappa shape index (κ1) is 23.0. The summed E-state index contributed by atoms with van der Waals surface area (Å²) in [5.41, 5.74) is 0. The molecule has 1 rings (SSSR count). The molecule has 0 amide bonds. The van der Waals surface area contributed by atoms with Crippen molar-refractivity contribution in [3.05, 3.63) is 12.7 Å². The Balaban J connectivity index is 2.16. The summed E-state index contributed by atoms with van der Waals surface area (Å²) in [4.78, 5) is 26.8. The molecule has 1 fully saturated rings. The van der Waals surface area contributed by atoms with E-state index in [1.807, 2.05) is 0 Å². The molecule has 0 aromatic rings. The molecule has 0 spiro atoms. The highest BCUT2D eigenvalue weighted by atomic mass is 16.1. The summed E-state index contributed by atoms with van der Waals surface area (Å²) < 4.78 is 0. The van der Waals surface area contributed by atoms with E-state index in [1.165, 1.54) is 83.7 Å². The Hall–Kier alpha value is -1.00. The minimum absolute atomic E-state index is 0.172. The molecule has 0 unspecified atom stereocenters. The van der Waals surface area contributed by atoms with E-state index in [9.17, 15) is 9.59 Å². The molecule has 0 atom stereocenters. The number of carbonyl (C=O) groups excluding carboxylic acids is 2. The third-order valence-electron chi connectivity index (χ3n) is 5.35. The van der Waals surface area contributed by atoms with Gasteiger partial charge in [-0.3, -0.25) is 4.79 Å². The highest BCUT2D eigenvalue weighted by Gasteiger charge is 2.13. The SMILES string of the molecule is C=CC(=O)CCCCCN(CCCCCCCC=O)CCN1CCCC1. The monoisotopic (exact) mass is 364 g/mol. The Bertz CT molecular complexity index is 378. The number of rotatable bonds is 18. The van der Waals surface area contributed by atoms with Gasteiger partial charge in [-0.1, -0.05) is 32.3 Å². The van der Waals surface area contributed by atoms with Gasteiger partial charge in [0.15, 0.2) is 5.78 Å². The topological polar surface area (TPSA) is 40.6 Å². The molecule has 1 aliphatic rings. The van der Waals surface area contributed by atoms with Crippen LogP contribution in [0.2, 0.25) is 0 Å². The fourth-order valence-electron chi connectivity index (χ4n) is 3.63. The van der Waals surface area contributed by atoms with Gasteiger partial charge in [0.25, 0.3) is 0 Å². The molecule has 0 saturated carbocycles. The van der Waals surface area contributed by atoms with Gasteiger partial charge in [0.1, 0.15) is 6.29 Å². The molecule has 1 heterocycles. The second kappa shape index (κ2) is 16.2. The Morgan fingerprint density at radius 1 is 0.885 bits per heavy atom. The van der Waals surface area contributed by atoms with E-state index in [0.717, 1.165) is 38.5 Å². The van der Waals surface area contributed by atoms with Crippen LogP contribution >= 0.6 is 0 Å². The van der Waals surface area contributed by atoms with Crippen LogP contribution in [0, 0.1) is 0 Å². The first-order valence-corrected chi connectivity index (χ1v) is 10.8. The number of allylic oxidation sites excluding steroid dienone is 1. The van der Waals surface area contributed by atoms with Crippen molar-refractivity contribution in [3.63, 3.8) is 0 Å². The fraction of sp³-hybridized carbons (Fsp3) is 0.818. The average molecular weight is 365 g/mol. The largest absolute Gasteiger partial charge is 0.303 e. The summed E-state index contributed by atoms with van der Waals surface area (Å²) in [5.74, 6) is 0.172. The fourth-order valence-corrected chi connectivity index (χ4v) is 3.63. The van der Waals surface area contributed by atoms with E-state index in [0.29, 0.717) is 6.42 Å². The second-order valence-electron chi connectivity index (χ2n) is 7.59. The number of nitrogens with zero attached hydrogens (tertiary/aromatic N) is 2. The van der Waals surface area contributed by atoms with Crippen molar-refractivity contribution in [1.29, 1.82) is 0 Å². The zero-order chi connectivity index (χ0) is 18.9. The maximum Gasteiger partial charge on any atom is 0.155 e. The van der Waals surface area contributed by atoms with Crippen LogP contribution in [0.5, 0.6) is 0 Å². The van der Waals surface area contributed by atoms with Gasteiger partial charge in [0, 0.05) is 25.9 Å². The highest BCUT2D eigenvalue weighted by molar-refractivity contribution is 5.88. The number of unbranched alkanes of at least 4 members (excludes halogenated alkanes) is 7. The van der Waals surface area contributed by atoms with Gasteiger partial charge in [-0.05, 0) is 70.8 Å². The lowest BCUT2D eigenvalue weighted by Crippen LogP contribution is -2.35. The molecule has 0 N–H and O–H groups in total. The van der Waals surface area contributed by atoms with Crippen LogP contribution in [-0.4, -0.2) is 61.1 Å². The Morgan fingerprint density at radius 3 is 2.15 bits per heavy atom. The molecule has 1 saturated heterocycles. The van der Waals surface area contributed by atoms with Crippen LogP contribution < -0.4 is 0 Å². The molecule has 150 valence electrons. The van der Waals surface area contributed by atoms with Gasteiger partial charge >= 0.3 is 0 Å². The van der Waals surface area contributed by atoms with Crippen molar-refractivity contribution in [2.75, 3.05) is 39.3 Å². The first-order chi connectivity index (χ1) is 12.8. The molecule has 0 bridgehead atoms. The predicted octanol–water partition coefficient (Wildman–Crippen LogP) is 4.24. The molecule has 0 aromatic heterocycles.